The highest BCUT2D eigenvalue weighted by molar-refractivity contribution is 5.90. The molecule has 254 valence electrons. The molecule has 3 fully saturated rings. The van der Waals surface area contributed by atoms with E-state index >= 15 is 0 Å². The average molecular weight is 664 g/mol. The summed E-state index contributed by atoms with van der Waals surface area (Å²) in [5.74, 6) is 3.31. The second-order valence-corrected chi connectivity index (χ2v) is 16.8. The third-order valence-corrected chi connectivity index (χ3v) is 13.5. The summed E-state index contributed by atoms with van der Waals surface area (Å²) in [5.41, 5.74) is 14.8. The van der Waals surface area contributed by atoms with E-state index in [4.69, 9.17) is 0 Å². The Bertz CT molecular complexity index is 2230. The third-order valence-electron chi connectivity index (χ3n) is 13.5. The Balaban J connectivity index is 1.02. The topological polar surface area (TPSA) is 3.24 Å². The van der Waals surface area contributed by atoms with Gasteiger partial charge in [0.2, 0.25) is 0 Å². The fraction of sp³-hybridized carbons (Fsp3) is 0.320. The molecule has 6 aromatic carbocycles. The van der Waals surface area contributed by atoms with E-state index in [9.17, 15) is 0 Å². The van der Waals surface area contributed by atoms with E-state index in [0.29, 0.717) is 5.92 Å². The van der Waals surface area contributed by atoms with Gasteiger partial charge in [-0.3, -0.25) is 0 Å². The van der Waals surface area contributed by atoms with Gasteiger partial charge in [0.15, 0.2) is 0 Å². The zero-order chi connectivity index (χ0) is 34.1. The van der Waals surface area contributed by atoms with Gasteiger partial charge in [-0.15, -0.1) is 0 Å². The third kappa shape index (κ3) is 5.35. The van der Waals surface area contributed by atoms with Crippen LogP contribution < -0.4 is 4.90 Å². The Labute approximate surface area is 304 Å². The summed E-state index contributed by atoms with van der Waals surface area (Å²) in [6.07, 6.45) is 12.5. The largest absolute Gasteiger partial charge is 0.310 e. The molecule has 2 bridgehead atoms. The predicted molar refractivity (Wildman–Crippen MR) is 216 cm³/mol. The van der Waals surface area contributed by atoms with Crippen molar-refractivity contribution >= 4 is 27.8 Å². The first kappa shape index (κ1) is 31.1. The Morgan fingerprint density at radius 2 is 1.14 bits per heavy atom. The molecule has 0 heterocycles. The highest BCUT2D eigenvalue weighted by Crippen LogP contribution is 2.54. The fourth-order valence-electron chi connectivity index (χ4n) is 10.7. The molecule has 3 atom stereocenters. The summed E-state index contributed by atoms with van der Waals surface area (Å²) in [7, 11) is 0. The summed E-state index contributed by atoms with van der Waals surface area (Å²) < 4.78 is 0. The monoisotopic (exact) mass is 663 g/mol. The summed E-state index contributed by atoms with van der Waals surface area (Å²) in [6.45, 7) is 4.83. The number of hydrogen-bond acceptors (Lipinski definition) is 1. The Morgan fingerprint density at radius 3 is 1.84 bits per heavy atom. The minimum Gasteiger partial charge on any atom is -0.310 e. The zero-order valence-electron chi connectivity index (χ0n) is 30.2. The zero-order valence-corrected chi connectivity index (χ0v) is 30.2. The van der Waals surface area contributed by atoms with Crippen LogP contribution in [0.25, 0.3) is 33.0 Å². The SMILES string of the molecule is CC1(C)c2cc(-c3ccc4ccccc4c3)ccc2-c2ccc(N(c3ccc(C4CCCCC4)cc3)c3ccc(C4CC5CCC4C5)cc3)cc21. The van der Waals surface area contributed by atoms with Crippen molar-refractivity contribution in [2.24, 2.45) is 11.8 Å². The van der Waals surface area contributed by atoms with Crippen molar-refractivity contribution in [3.8, 4) is 22.3 Å². The number of anilines is 3. The van der Waals surface area contributed by atoms with Crippen molar-refractivity contribution in [1.29, 1.82) is 0 Å². The number of nitrogens with zero attached hydrogens (tertiary/aromatic N) is 1. The van der Waals surface area contributed by atoms with Crippen molar-refractivity contribution in [3.63, 3.8) is 0 Å². The standard InChI is InChI=1S/C50H49N/c1-50(2)48-31-40(39-15-14-35-10-6-7-11-38(35)30-39)20-26-45(48)46-27-25-44(32-49(46)50)51(42-21-16-36(17-22-42)34-8-4-3-5-9-34)43-23-18-37(19-24-43)47-29-33-12-13-41(47)28-33/h6-7,10-11,14-27,30-34,41,47H,3-5,8-9,12-13,28-29H2,1-2H3. The van der Waals surface area contributed by atoms with Crippen molar-refractivity contribution in [2.75, 3.05) is 4.90 Å². The normalized spacial score (nSPS) is 21.9. The Morgan fingerprint density at radius 1 is 0.510 bits per heavy atom. The van der Waals surface area contributed by atoms with Gasteiger partial charge < -0.3 is 4.90 Å². The molecule has 4 aliphatic carbocycles. The molecular formula is C50H49N. The van der Waals surface area contributed by atoms with E-state index in [2.05, 4.69) is 146 Å². The van der Waals surface area contributed by atoms with Crippen LogP contribution in [0.2, 0.25) is 0 Å². The average Bonchev–Trinajstić information content (AvgIpc) is 3.88. The van der Waals surface area contributed by atoms with Crippen molar-refractivity contribution in [2.45, 2.75) is 88.9 Å². The molecule has 1 nitrogen and oxygen atoms in total. The maximum absolute atomic E-state index is 2.51. The van der Waals surface area contributed by atoms with Crippen LogP contribution in [0.4, 0.5) is 17.1 Å². The quantitative estimate of drug-likeness (QED) is 0.171. The van der Waals surface area contributed by atoms with Gasteiger partial charge in [-0.2, -0.15) is 0 Å². The molecular weight excluding hydrogens is 615 g/mol. The van der Waals surface area contributed by atoms with Crippen LogP contribution in [0.3, 0.4) is 0 Å². The van der Waals surface area contributed by atoms with Crippen LogP contribution >= 0.6 is 0 Å². The van der Waals surface area contributed by atoms with Crippen LogP contribution in [0, 0.1) is 11.8 Å². The van der Waals surface area contributed by atoms with Gasteiger partial charge in [0, 0.05) is 22.5 Å². The van der Waals surface area contributed by atoms with E-state index in [1.54, 1.807) is 5.56 Å². The first-order valence-electron chi connectivity index (χ1n) is 19.8. The van der Waals surface area contributed by atoms with Crippen molar-refractivity contribution in [3.05, 3.63) is 150 Å². The van der Waals surface area contributed by atoms with Gasteiger partial charge in [0.1, 0.15) is 0 Å². The first-order valence-corrected chi connectivity index (χ1v) is 19.8. The molecule has 0 aromatic heterocycles. The van der Waals surface area contributed by atoms with Gasteiger partial charge in [-0.1, -0.05) is 118 Å². The highest BCUT2D eigenvalue weighted by atomic mass is 15.1. The second kappa shape index (κ2) is 12.3. The van der Waals surface area contributed by atoms with Crippen LogP contribution in [0.15, 0.2) is 127 Å². The molecule has 0 spiro atoms. The van der Waals surface area contributed by atoms with Gasteiger partial charge in [-0.25, -0.2) is 0 Å². The smallest absolute Gasteiger partial charge is 0.0465 e. The highest BCUT2D eigenvalue weighted by Gasteiger charge is 2.40. The number of benzene rings is 6. The minimum absolute atomic E-state index is 0.115. The number of hydrogen-bond donors (Lipinski definition) is 0. The molecule has 6 aromatic rings. The van der Waals surface area contributed by atoms with Crippen molar-refractivity contribution < 1.29 is 0 Å². The van der Waals surface area contributed by atoms with E-state index in [-0.39, 0.29) is 5.41 Å². The molecule has 1 heteroatoms. The maximum Gasteiger partial charge on any atom is 0.0465 e. The van der Waals surface area contributed by atoms with E-state index < -0.39 is 0 Å². The molecule has 0 radical (unpaired) electrons. The lowest BCUT2D eigenvalue weighted by Crippen LogP contribution is -2.17. The molecule has 4 aliphatic rings. The van der Waals surface area contributed by atoms with Gasteiger partial charge in [0.25, 0.3) is 0 Å². The van der Waals surface area contributed by atoms with Crippen LogP contribution in [-0.4, -0.2) is 0 Å². The number of rotatable bonds is 6. The minimum atomic E-state index is -0.115. The van der Waals surface area contributed by atoms with E-state index in [1.807, 2.05) is 0 Å². The Kier molecular flexibility index (Phi) is 7.49. The Hall–Kier alpha value is -4.62. The lowest BCUT2D eigenvalue weighted by Gasteiger charge is -2.29. The fourth-order valence-corrected chi connectivity index (χ4v) is 10.7. The van der Waals surface area contributed by atoms with Gasteiger partial charge >= 0.3 is 0 Å². The van der Waals surface area contributed by atoms with Crippen LogP contribution in [0.5, 0.6) is 0 Å². The lowest BCUT2D eigenvalue weighted by atomic mass is 9.81. The van der Waals surface area contributed by atoms with Gasteiger partial charge in [-0.05, 0) is 160 Å². The molecule has 51 heavy (non-hydrogen) atoms. The van der Waals surface area contributed by atoms with Crippen molar-refractivity contribution in [1.82, 2.24) is 0 Å². The molecule has 0 N–H and O–H groups in total. The summed E-state index contributed by atoms with van der Waals surface area (Å²) in [5, 5.41) is 2.58. The summed E-state index contributed by atoms with van der Waals surface area (Å²) in [6, 6.07) is 49.2. The predicted octanol–water partition coefficient (Wildman–Crippen LogP) is 14.2. The second-order valence-electron chi connectivity index (χ2n) is 16.8. The molecule has 3 saturated carbocycles. The molecule has 0 amide bonds. The van der Waals surface area contributed by atoms with Gasteiger partial charge in [0.05, 0.1) is 0 Å². The summed E-state index contributed by atoms with van der Waals surface area (Å²) >= 11 is 0. The summed E-state index contributed by atoms with van der Waals surface area (Å²) in [4.78, 5) is 2.51. The first-order chi connectivity index (χ1) is 25.0. The molecule has 0 aliphatic heterocycles. The van der Waals surface area contributed by atoms with E-state index in [1.165, 1.54) is 125 Å². The van der Waals surface area contributed by atoms with E-state index in [0.717, 1.165) is 17.8 Å². The molecule has 3 unspecified atom stereocenters. The molecule has 10 rings (SSSR count). The number of fused-ring (bicyclic) bond motifs is 6. The molecule has 0 saturated heterocycles. The van der Waals surface area contributed by atoms with Crippen LogP contribution in [0.1, 0.15) is 106 Å². The maximum atomic E-state index is 2.51. The van der Waals surface area contributed by atoms with Crippen LogP contribution in [-0.2, 0) is 5.41 Å². The lowest BCUT2D eigenvalue weighted by molar-refractivity contribution is 0.420.